The molecule has 438 valence electrons. The number of aliphatic hydroxyl groups is 1. The third kappa shape index (κ3) is 16.3. The van der Waals surface area contributed by atoms with Crippen molar-refractivity contribution in [3.8, 4) is 28.0 Å². The van der Waals surface area contributed by atoms with Gasteiger partial charge in [-0.05, 0) is 60.2 Å². The molecule has 2 fully saturated rings. The number of aromatic nitrogens is 2. The number of β-amino-alcohol motifs (C(OH)–C–C–N with tert-alkyl or cyclic N) is 1. The number of benzene rings is 3. The predicted octanol–water partition coefficient (Wildman–Crippen LogP) is 5.16. The van der Waals surface area contributed by atoms with Crippen LogP contribution in [-0.2, 0) is 44.7 Å². The fourth-order valence-corrected chi connectivity index (χ4v) is 11.4. The molecule has 8 rings (SSSR count). The number of carbonyl (C=O) groups is 5. The highest BCUT2D eigenvalue weighted by Crippen LogP contribution is 2.38. The summed E-state index contributed by atoms with van der Waals surface area (Å²) in [5, 5.41) is 32.0. The number of carbonyl (C=O) groups excluding carboxylic acids is 5. The molecule has 82 heavy (non-hydrogen) atoms. The summed E-state index contributed by atoms with van der Waals surface area (Å²) in [4.78, 5) is 85.5. The Bertz CT molecular complexity index is 3050. The van der Waals surface area contributed by atoms with Crippen LogP contribution in [0.1, 0.15) is 84.5 Å². The van der Waals surface area contributed by atoms with Crippen molar-refractivity contribution in [1.82, 2.24) is 40.2 Å². The minimum absolute atomic E-state index is 0.00343. The van der Waals surface area contributed by atoms with Crippen LogP contribution in [-0.4, -0.2) is 186 Å². The van der Waals surface area contributed by atoms with Gasteiger partial charge in [0.05, 0.1) is 86.6 Å². The van der Waals surface area contributed by atoms with Crippen molar-refractivity contribution in [3.05, 3.63) is 117 Å². The number of aryl methyl sites for hydroxylation is 1. The summed E-state index contributed by atoms with van der Waals surface area (Å²) in [6, 6.07) is 12.9. The second-order valence-corrected chi connectivity index (χ2v) is 23.1. The number of halogens is 1. The van der Waals surface area contributed by atoms with Crippen LogP contribution in [0.25, 0.3) is 10.4 Å². The van der Waals surface area contributed by atoms with E-state index in [1.165, 1.54) is 27.3 Å². The molecule has 3 aliphatic heterocycles. The van der Waals surface area contributed by atoms with E-state index in [0.717, 1.165) is 59.5 Å². The number of hydrogen-bond acceptors (Lipinski definition) is 17. The van der Waals surface area contributed by atoms with Gasteiger partial charge in [0.25, 0.3) is 11.8 Å². The summed E-state index contributed by atoms with van der Waals surface area (Å²) in [6.45, 7) is 16.0. The molecule has 0 spiro atoms. The number of likely N-dealkylation sites (tertiary alicyclic amines) is 1. The first kappa shape index (κ1) is 61.4. The van der Waals surface area contributed by atoms with Crippen molar-refractivity contribution in [3.63, 3.8) is 0 Å². The van der Waals surface area contributed by atoms with Gasteiger partial charge in [-0.3, -0.25) is 39.1 Å². The first-order chi connectivity index (χ1) is 39.4. The Hall–Kier alpha value is -6.72. The maximum Gasteiger partial charge on any atom is 0.256 e. The molecular weight excluding hydrogens is 1090 g/mol. The Morgan fingerprint density at radius 1 is 0.878 bits per heavy atom. The van der Waals surface area contributed by atoms with E-state index in [2.05, 4.69) is 47.6 Å². The van der Waals surface area contributed by atoms with Crippen LogP contribution >= 0.6 is 22.7 Å². The second-order valence-electron chi connectivity index (χ2n) is 21.4. The molecular formula is C59H72FN9O11S2. The summed E-state index contributed by atoms with van der Waals surface area (Å²) >= 11 is 2.76. The van der Waals surface area contributed by atoms with Crippen LogP contribution in [0.5, 0.6) is 5.75 Å². The van der Waals surface area contributed by atoms with E-state index < -0.39 is 53.2 Å². The lowest BCUT2D eigenvalue weighted by Gasteiger charge is -2.37. The molecule has 0 radical (unpaired) electrons. The molecule has 2 saturated heterocycles. The molecule has 1 unspecified atom stereocenters. The van der Waals surface area contributed by atoms with Crippen LogP contribution in [0.4, 0.5) is 9.52 Å². The van der Waals surface area contributed by atoms with Crippen LogP contribution < -0.4 is 16.0 Å². The number of aliphatic hydroxyl groups excluding tert-OH is 1. The van der Waals surface area contributed by atoms with Crippen molar-refractivity contribution < 1.29 is 57.5 Å². The molecule has 0 saturated carbocycles. The monoisotopic (exact) mass is 1170 g/mol. The molecule has 5 aromatic rings. The first-order valence-corrected chi connectivity index (χ1v) is 29.2. The van der Waals surface area contributed by atoms with Gasteiger partial charge in [0.1, 0.15) is 36.3 Å². The minimum atomic E-state index is -1.36. The zero-order chi connectivity index (χ0) is 58.3. The summed E-state index contributed by atoms with van der Waals surface area (Å²) in [5.74, 6) is 2.75. The number of ether oxygens (including phenoxy) is 4. The molecule has 23 heteroatoms. The van der Waals surface area contributed by atoms with Crippen molar-refractivity contribution >= 4 is 57.3 Å². The number of anilines is 1. The van der Waals surface area contributed by atoms with E-state index in [-0.39, 0.29) is 68.4 Å². The Morgan fingerprint density at radius 3 is 2.24 bits per heavy atom. The summed E-state index contributed by atoms with van der Waals surface area (Å²) in [5.41, 5.74) is 5.39. The van der Waals surface area contributed by atoms with Gasteiger partial charge in [-0.15, -0.1) is 22.7 Å². The average Bonchev–Trinajstić information content (AvgIpc) is 4.36. The number of rotatable bonds is 25. The van der Waals surface area contributed by atoms with Crippen LogP contribution in [0.3, 0.4) is 0 Å². The lowest BCUT2D eigenvalue weighted by molar-refractivity contribution is -0.144. The van der Waals surface area contributed by atoms with Crippen LogP contribution in [0.15, 0.2) is 77.8 Å². The van der Waals surface area contributed by atoms with Crippen molar-refractivity contribution in [2.45, 2.75) is 77.9 Å². The fraction of sp³-hybridized carbons (Fsp3) is 0.475. The van der Waals surface area contributed by atoms with E-state index in [0.29, 0.717) is 74.6 Å². The molecule has 5 N–H and O–H groups in total. The number of aromatic hydroxyl groups is 1. The molecule has 2 aromatic heterocycles. The van der Waals surface area contributed by atoms with Gasteiger partial charge in [0.2, 0.25) is 17.7 Å². The molecule has 3 aliphatic rings. The van der Waals surface area contributed by atoms with Crippen molar-refractivity contribution in [2.24, 2.45) is 5.41 Å². The van der Waals surface area contributed by atoms with Crippen LogP contribution in [0, 0.1) is 30.0 Å². The zero-order valence-electron chi connectivity index (χ0n) is 46.9. The number of fused-ring (bicyclic) bond motifs is 1. The number of phenols is 1. The Labute approximate surface area is 485 Å². The third-order valence-corrected chi connectivity index (χ3v) is 16.1. The van der Waals surface area contributed by atoms with E-state index >= 15 is 0 Å². The summed E-state index contributed by atoms with van der Waals surface area (Å²) < 4.78 is 37.1. The number of nitrogens with zero attached hydrogens (tertiary/aromatic N) is 6. The van der Waals surface area contributed by atoms with E-state index in [9.17, 15) is 38.6 Å². The maximum absolute atomic E-state index is 14.4. The highest BCUT2D eigenvalue weighted by molar-refractivity contribution is 7.14. The van der Waals surface area contributed by atoms with Gasteiger partial charge < -0.3 is 49.6 Å². The molecule has 3 aromatic carbocycles. The number of amides is 5. The summed E-state index contributed by atoms with van der Waals surface area (Å²) in [7, 11) is 0. The number of phenolic OH excluding ortho intramolecular Hbond substituents is 1. The Morgan fingerprint density at radius 2 is 1.57 bits per heavy atom. The first-order valence-electron chi connectivity index (χ1n) is 27.4. The number of nitrogens with one attached hydrogen (secondary N) is 3. The number of piperazine rings is 1. The lowest BCUT2D eigenvalue weighted by atomic mass is 9.85. The van der Waals surface area contributed by atoms with Crippen molar-refractivity contribution in [1.29, 1.82) is 0 Å². The molecule has 0 bridgehead atoms. The quantitative estimate of drug-likeness (QED) is 0.0375. The number of hydrogen-bond donors (Lipinski definition) is 5. The highest BCUT2D eigenvalue weighted by Gasteiger charge is 2.45. The fourth-order valence-electron chi connectivity index (χ4n) is 10.1. The summed E-state index contributed by atoms with van der Waals surface area (Å²) in [6.07, 6.45) is 0.747. The SMILES string of the molecule is Cc1ncsc1-c1ccc([C@H](C)NC(=O)[C@@H]2C[C@@H](O)CN2C(=O)[C@@H](NC(=O)CN2CCN(CCOCCOCCOCCOCC#Cc3cccc4c3C(=O)N(C(C(=O)Nc3nccs3)c3cc(F)ccc3O)C4)CC2)C(C)(C)C)cc1. The molecule has 0 aliphatic carbocycles. The zero-order valence-corrected chi connectivity index (χ0v) is 48.5. The smallest absolute Gasteiger partial charge is 0.256 e. The van der Waals surface area contributed by atoms with Gasteiger partial charge in [-0.25, -0.2) is 14.4 Å². The van der Waals surface area contributed by atoms with E-state index in [4.69, 9.17) is 18.9 Å². The molecule has 5 atom stereocenters. The standard InChI is InChI=1S/C59H72FN9O11S2/c1-38(40-11-13-42(14-12-40)52-39(2)62-37-82-52)63-54(73)47-33-45(70)35-68(47)57(76)53(59(3,4)5)64-49(72)36-67-20-18-66(19-21-67)22-24-78-26-28-80-30-29-79-27-25-77-23-7-10-41-8-6-9-43-34-69(56(75)50(41)43)51(46-32-44(60)15-16-48(46)71)55(74)65-58-61-17-31-81-58/h6,8-9,11-17,31-32,37-38,45,47,51,53,70-71H,18-30,33-36H2,1-5H3,(H,63,73)(H,64,72)(H,61,65,74)/t38-,45+,47-,51?,53+/m0/s1. The Kier molecular flexibility index (Phi) is 21.7. The molecule has 5 heterocycles. The van der Waals surface area contributed by atoms with Crippen molar-refractivity contribution in [2.75, 3.05) is 104 Å². The largest absolute Gasteiger partial charge is 0.508 e. The van der Waals surface area contributed by atoms with Gasteiger partial charge in [-0.2, -0.15) is 0 Å². The minimum Gasteiger partial charge on any atom is -0.508 e. The third-order valence-electron chi connectivity index (χ3n) is 14.4. The van der Waals surface area contributed by atoms with E-state index in [1.54, 1.807) is 34.9 Å². The van der Waals surface area contributed by atoms with Gasteiger partial charge >= 0.3 is 0 Å². The Balaban J connectivity index is 0.667. The van der Waals surface area contributed by atoms with Gasteiger partial charge in [0, 0.05) is 74.9 Å². The molecule has 5 amide bonds. The maximum atomic E-state index is 14.4. The molecule has 20 nitrogen and oxygen atoms in total. The van der Waals surface area contributed by atoms with Gasteiger partial charge in [-0.1, -0.05) is 69.0 Å². The average molecular weight is 1170 g/mol. The van der Waals surface area contributed by atoms with Gasteiger partial charge in [0.15, 0.2) is 5.13 Å². The second kappa shape index (κ2) is 29.0. The normalized spacial score (nSPS) is 17.7. The number of thiazole rings is 2. The lowest BCUT2D eigenvalue weighted by Crippen LogP contribution is -2.59. The highest BCUT2D eigenvalue weighted by atomic mass is 32.1. The van der Waals surface area contributed by atoms with E-state index in [1.807, 2.05) is 64.4 Å². The predicted molar refractivity (Wildman–Crippen MR) is 307 cm³/mol. The van der Waals surface area contributed by atoms with Crippen LogP contribution in [0.2, 0.25) is 0 Å². The topological polar surface area (TPSA) is 238 Å².